The smallest absolute Gasteiger partial charge is 0.138 e. The van der Waals surface area contributed by atoms with Gasteiger partial charge in [-0.15, -0.1) is 0 Å². The molecule has 0 unspecified atom stereocenters. The number of carbonyl (C=O) groups excluding carboxylic acids is 1. The van der Waals surface area contributed by atoms with E-state index in [4.69, 9.17) is 0 Å². The number of Topliss-reactive ketones (excluding diaryl/α,β-unsaturated/α-hetero) is 1. The van der Waals surface area contributed by atoms with Crippen molar-refractivity contribution < 1.29 is 15.0 Å². The number of aliphatic hydroxyl groups excluding tert-OH is 1. The van der Waals surface area contributed by atoms with Crippen molar-refractivity contribution in [1.82, 2.24) is 0 Å². The summed E-state index contributed by atoms with van der Waals surface area (Å²) in [5.41, 5.74) is 1.23. The number of hydrogen-bond acceptors (Lipinski definition) is 3. The van der Waals surface area contributed by atoms with Gasteiger partial charge in [-0.2, -0.15) is 0 Å². The molecule has 0 bridgehead atoms. The first kappa shape index (κ1) is 25.4. The van der Waals surface area contributed by atoms with Crippen LogP contribution in [-0.2, 0) is 4.79 Å². The van der Waals surface area contributed by atoms with E-state index in [1.165, 1.54) is 25.7 Å². The van der Waals surface area contributed by atoms with Crippen molar-refractivity contribution in [3.05, 3.63) is 11.6 Å². The van der Waals surface area contributed by atoms with E-state index in [9.17, 15) is 15.0 Å². The molecule has 0 aromatic rings. The van der Waals surface area contributed by atoms with Crippen LogP contribution in [0, 0.1) is 45.3 Å². The van der Waals surface area contributed by atoms with Gasteiger partial charge in [-0.05, 0) is 105 Å². The molecule has 0 amide bonds. The molecule has 3 nitrogen and oxygen atoms in total. The Labute approximate surface area is 202 Å². The monoisotopic (exact) mass is 458 g/mol. The summed E-state index contributed by atoms with van der Waals surface area (Å²) in [5, 5.41) is 20.6. The molecular formula is C30H50O3. The third-order valence-electron chi connectivity index (χ3n) is 12.0. The fourth-order valence-corrected chi connectivity index (χ4v) is 9.46. The lowest BCUT2D eigenvalue weighted by Crippen LogP contribution is -2.56. The van der Waals surface area contributed by atoms with Crippen LogP contribution in [0.15, 0.2) is 11.6 Å². The average molecular weight is 459 g/mol. The molecule has 0 aromatic heterocycles. The molecule has 0 radical (unpaired) electrons. The van der Waals surface area contributed by atoms with Crippen LogP contribution in [0.1, 0.15) is 113 Å². The molecule has 2 N–H and O–H groups in total. The highest BCUT2D eigenvalue weighted by molar-refractivity contribution is 5.85. The van der Waals surface area contributed by atoms with E-state index in [2.05, 4.69) is 47.6 Å². The third-order valence-corrected chi connectivity index (χ3v) is 12.0. The van der Waals surface area contributed by atoms with Gasteiger partial charge >= 0.3 is 0 Å². The number of allylic oxidation sites excluding steroid dienone is 2. The number of rotatable bonds is 5. The fraction of sp³-hybridized carbons (Fsp3) is 0.900. The van der Waals surface area contributed by atoms with Gasteiger partial charge in [0.1, 0.15) is 5.78 Å². The van der Waals surface area contributed by atoms with Crippen LogP contribution in [0.4, 0.5) is 0 Å². The Morgan fingerprint density at radius 2 is 1.70 bits per heavy atom. The number of ketones is 1. The summed E-state index contributed by atoms with van der Waals surface area (Å²) < 4.78 is 0. The molecule has 4 aliphatic rings. The normalized spacial score (nSPS) is 44.4. The zero-order valence-electron chi connectivity index (χ0n) is 22.6. The Hall–Kier alpha value is -0.670. The van der Waals surface area contributed by atoms with Gasteiger partial charge in [0, 0.05) is 11.8 Å². The highest BCUT2D eigenvalue weighted by atomic mass is 16.3. The van der Waals surface area contributed by atoms with Crippen molar-refractivity contribution in [2.24, 2.45) is 45.3 Å². The second-order valence-corrected chi connectivity index (χ2v) is 14.3. The standard InChI is InChI=1S/C30H50O3/c1-19(9-12-25(32)27(4,5)33)20-13-17-30(8)22-10-11-23-26(2,3)24(31)15-16-28(23,6)21(22)14-18-29(20,30)7/h14,19-20,22-23,25,32-33H,9-13,15-18H2,1-8H3/t19-,20-,22-,23+,25+,28-,29-,30+/m1/s1. The molecular weight excluding hydrogens is 408 g/mol. The van der Waals surface area contributed by atoms with Crippen molar-refractivity contribution in [2.45, 2.75) is 125 Å². The number of hydrogen-bond donors (Lipinski definition) is 2. The molecule has 0 heterocycles. The van der Waals surface area contributed by atoms with Gasteiger partial charge in [0.15, 0.2) is 0 Å². The van der Waals surface area contributed by atoms with Crippen molar-refractivity contribution in [3.8, 4) is 0 Å². The van der Waals surface area contributed by atoms with Crippen LogP contribution in [0.3, 0.4) is 0 Å². The van der Waals surface area contributed by atoms with E-state index >= 15 is 0 Å². The molecule has 3 fully saturated rings. The quantitative estimate of drug-likeness (QED) is 0.450. The second-order valence-electron chi connectivity index (χ2n) is 14.3. The minimum atomic E-state index is -1.03. The van der Waals surface area contributed by atoms with E-state index in [-0.39, 0.29) is 16.2 Å². The van der Waals surface area contributed by atoms with Gasteiger partial charge < -0.3 is 10.2 Å². The number of aliphatic hydroxyl groups is 2. The predicted molar refractivity (Wildman–Crippen MR) is 135 cm³/mol. The Kier molecular flexibility index (Phi) is 6.10. The Morgan fingerprint density at radius 1 is 1.03 bits per heavy atom. The third kappa shape index (κ3) is 3.62. The lowest BCUT2D eigenvalue weighted by atomic mass is 9.41. The van der Waals surface area contributed by atoms with E-state index in [0.29, 0.717) is 41.3 Å². The molecule has 33 heavy (non-hydrogen) atoms. The summed E-state index contributed by atoms with van der Waals surface area (Å²) >= 11 is 0. The minimum absolute atomic E-state index is 0.172. The van der Waals surface area contributed by atoms with Gasteiger partial charge in [0.2, 0.25) is 0 Å². The van der Waals surface area contributed by atoms with Gasteiger partial charge in [0.05, 0.1) is 11.7 Å². The zero-order chi connectivity index (χ0) is 24.6. The van der Waals surface area contributed by atoms with E-state index < -0.39 is 11.7 Å². The van der Waals surface area contributed by atoms with Gasteiger partial charge in [-0.25, -0.2) is 0 Å². The SMILES string of the molecule is C[C@H](CC[C@H](O)C(C)(C)O)[C@H]1CC[C@@]2(C)[C@@H]3CC[C@H]4C(C)(C)C(=O)CC[C@]4(C)C3=CC[C@]12C. The Morgan fingerprint density at radius 3 is 2.33 bits per heavy atom. The van der Waals surface area contributed by atoms with E-state index in [1.54, 1.807) is 19.4 Å². The predicted octanol–water partition coefficient (Wildman–Crippen LogP) is 6.71. The van der Waals surface area contributed by atoms with Crippen LogP contribution in [0.5, 0.6) is 0 Å². The van der Waals surface area contributed by atoms with Crippen molar-refractivity contribution in [1.29, 1.82) is 0 Å². The highest BCUT2D eigenvalue weighted by Gasteiger charge is 2.65. The van der Waals surface area contributed by atoms with E-state index in [1.807, 2.05) is 0 Å². The van der Waals surface area contributed by atoms with E-state index in [0.717, 1.165) is 25.7 Å². The van der Waals surface area contributed by atoms with Crippen molar-refractivity contribution in [3.63, 3.8) is 0 Å². The Balaban J connectivity index is 1.59. The molecule has 0 aliphatic heterocycles. The van der Waals surface area contributed by atoms with Gasteiger partial charge in [0.25, 0.3) is 0 Å². The maximum Gasteiger partial charge on any atom is 0.138 e. The molecule has 3 heteroatoms. The van der Waals surface area contributed by atoms with Crippen LogP contribution in [0.25, 0.3) is 0 Å². The molecule has 0 aromatic carbocycles. The van der Waals surface area contributed by atoms with Gasteiger partial charge in [-0.3, -0.25) is 4.79 Å². The summed E-state index contributed by atoms with van der Waals surface area (Å²) in [4.78, 5) is 12.8. The lowest BCUT2D eigenvalue weighted by molar-refractivity contribution is -0.142. The van der Waals surface area contributed by atoms with Crippen LogP contribution in [-0.4, -0.2) is 27.7 Å². The first-order chi connectivity index (χ1) is 15.1. The molecule has 3 saturated carbocycles. The maximum absolute atomic E-state index is 12.8. The number of fused-ring (bicyclic) bond motifs is 5. The molecule has 0 saturated heterocycles. The maximum atomic E-state index is 12.8. The first-order valence-electron chi connectivity index (χ1n) is 13.7. The summed E-state index contributed by atoms with van der Waals surface area (Å²) in [6.07, 6.45) is 11.5. The average Bonchev–Trinajstić information content (AvgIpc) is 3.00. The topological polar surface area (TPSA) is 57.5 Å². The summed E-state index contributed by atoms with van der Waals surface area (Å²) in [6.45, 7) is 17.9. The molecule has 8 atom stereocenters. The van der Waals surface area contributed by atoms with Crippen LogP contribution < -0.4 is 0 Å². The molecule has 0 spiro atoms. The number of carbonyl (C=O) groups is 1. The van der Waals surface area contributed by atoms with Crippen LogP contribution in [0.2, 0.25) is 0 Å². The molecule has 188 valence electrons. The summed E-state index contributed by atoms with van der Waals surface area (Å²) in [6, 6.07) is 0. The lowest BCUT2D eigenvalue weighted by Gasteiger charge is -2.63. The largest absolute Gasteiger partial charge is 0.390 e. The minimum Gasteiger partial charge on any atom is -0.390 e. The van der Waals surface area contributed by atoms with Crippen LogP contribution >= 0.6 is 0 Å². The zero-order valence-corrected chi connectivity index (χ0v) is 22.6. The summed E-state index contributed by atoms with van der Waals surface area (Å²) in [5.74, 6) is 2.78. The highest BCUT2D eigenvalue weighted by Crippen LogP contribution is 2.72. The van der Waals surface area contributed by atoms with Crippen molar-refractivity contribution in [2.75, 3.05) is 0 Å². The van der Waals surface area contributed by atoms with Crippen molar-refractivity contribution >= 4 is 5.78 Å². The summed E-state index contributed by atoms with van der Waals surface area (Å²) in [7, 11) is 0. The van der Waals surface area contributed by atoms with Gasteiger partial charge in [-0.1, -0.05) is 53.2 Å². The Bertz CT molecular complexity index is 819. The fourth-order valence-electron chi connectivity index (χ4n) is 9.46. The molecule has 4 aliphatic carbocycles. The first-order valence-corrected chi connectivity index (χ1v) is 13.7. The second kappa shape index (κ2) is 7.92. The molecule has 4 rings (SSSR count).